The van der Waals surface area contributed by atoms with Crippen molar-refractivity contribution >= 4 is 29.2 Å². The number of amides is 2. The van der Waals surface area contributed by atoms with Gasteiger partial charge in [0.05, 0.1) is 11.3 Å². The maximum Gasteiger partial charge on any atom is 0.416 e. The van der Waals surface area contributed by atoms with Crippen LogP contribution < -0.4 is 10.2 Å². The van der Waals surface area contributed by atoms with Crippen LogP contribution in [0, 0.1) is 0 Å². The largest absolute Gasteiger partial charge is 0.444 e. The third kappa shape index (κ3) is 6.42. The average molecular weight is 567 g/mol. The van der Waals surface area contributed by atoms with Crippen LogP contribution in [0.2, 0.25) is 0 Å². The van der Waals surface area contributed by atoms with E-state index in [0.29, 0.717) is 49.0 Å². The van der Waals surface area contributed by atoms with Crippen molar-refractivity contribution in [3.63, 3.8) is 0 Å². The van der Waals surface area contributed by atoms with Crippen molar-refractivity contribution in [2.45, 2.75) is 32.5 Å². The van der Waals surface area contributed by atoms with E-state index in [-0.39, 0.29) is 11.7 Å². The van der Waals surface area contributed by atoms with E-state index in [1.807, 2.05) is 32.9 Å². The minimum atomic E-state index is -4.54. The van der Waals surface area contributed by atoms with Crippen LogP contribution in [0.4, 0.5) is 29.5 Å². The number of carbonyl (C=O) groups excluding carboxylic acids is 2. The van der Waals surface area contributed by atoms with E-state index < -0.39 is 23.2 Å². The van der Waals surface area contributed by atoms with Crippen molar-refractivity contribution in [2.75, 3.05) is 36.4 Å². The first-order valence-corrected chi connectivity index (χ1v) is 13.0. The van der Waals surface area contributed by atoms with Gasteiger partial charge in [0.25, 0.3) is 5.91 Å². The smallest absolute Gasteiger partial charge is 0.416 e. The van der Waals surface area contributed by atoms with Crippen molar-refractivity contribution < 1.29 is 27.5 Å². The molecule has 1 aliphatic heterocycles. The van der Waals surface area contributed by atoms with Crippen molar-refractivity contribution in [2.24, 2.45) is 0 Å². The number of rotatable bonds is 4. The quantitative estimate of drug-likeness (QED) is 0.340. The molecule has 2 aromatic carbocycles. The van der Waals surface area contributed by atoms with Crippen LogP contribution in [-0.4, -0.2) is 63.3 Å². The zero-order valence-electron chi connectivity index (χ0n) is 22.8. The van der Waals surface area contributed by atoms with Gasteiger partial charge in [0.15, 0.2) is 11.5 Å². The Morgan fingerprint density at radius 1 is 0.927 bits per heavy atom. The van der Waals surface area contributed by atoms with E-state index >= 15 is 0 Å². The molecule has 0 atom stereocenters. The summed E-state index contributed by atoms with van der Waals surface area (Å²) in [5.41, 5.74) is 0.924. The number of anilines is 2. The van der Waals surface area contributed by atoms with Gasteiger partial charge in [0.2, 0.25) is 0 Å². The monoisotopic (exact) mass is 566 g/mol. The lowest BCUT2D eigenvalue weighted by Gasteiger charge is -2.35. The van der Waals surface area contributed by atoms with Gasteiger partial charge in [-0.1, -0.05) is 18.2 Å². The van der Waals surface area contributed by atoms with E-state index in [4.69, 9.17) is 9.84 Å². The molecular formula is C29H29F3N6O3. The second kappa shape index (κ2) is 10.8. The number of halogens is 3. The zero-order chi connectivity index (χ0) is 29.4. The molecule has 1 saturated heterocycles. The highest BCUT2D eigenvalue weighted by atomic mass is 19.4. The van der Waals surface area contributed by atoms with E-state index in [1.54, 1.807) is 39.9 Å². The number of aromatic nitrogens is 3. The van der Waals surface area contributed by atoms with Crippen LogP contribution in [0.1, 0.15) is 36.7 Å². The van der Waals surface area contributed by atoms with Crippen molar-refractivity contribution in [3.05, 3.63) is 78.0 Å². The summed E-state index contributed by atoms with van der Waals surface area (Å²) >= 11 is 0. The molecule has 3 heterocycles. The fraction of sp³-hybridized carbons (Fsp3) is 0.310. The predicted molar refractivity (Wildman–Crippen MR) is 148 cm³/mol. The molecule has 0 spiro atoms. The van der Waals surface area contributed by atoms with Gasteiger partial charge < -0.3 is 19.9 Å². The summed E-state index contributed by atoms with van der Waals surface area (Å²) in [7, 11) is 0. The zero-order valence-corrected chi connectivity index (χ0v) is 22.8. The summed E-state index contributed by atoms with van der Waals surface area (Å²) in [5, 5.41) is 7.44. The highest BCUT2D eigenvalue weighted by molar-refractivity contribution is 6.04. The number of hydrogen-bond donors (Lipinski definition) is 1. The molecule has 9 nitrogen and oxygen atoms in total. The first-order chi connectivity index (χ1) is 19.4. The molecule has 41 heavy (non-hydrogen) atoms. The van der Waals surface area contributed by atoms with Crippen molar-refractivity contribution in [1.82, 2.24) is 19.5 Å². The molecule has 5 rings (SSSR count). The van der Waals surface area contributed by atoms with Crippen LogP contribution in [0.5, 0.6) is 0 Å². The number of piperazine rings is 1. The van der Waals surface area contributed by atoms with Gasteiger partial charge in [-0.05, 0) is 57.2 Å². The number of hydrogen-bond acceptors (Lipinski definition) is 6. The lowest BCUT2D eigenvalue weighted by molar-refractivity contribution is -0.137. The number of fused-ring (bicyclic) bond motifs is 1. The Kier molecular flexibility index (Phi) is 7.33. The molecule has 4 aromatic rings. The highest BCUT2D eigenvalue weighted by Crippen LogP contribution is 2.30. The Bertz CT molecular complexity index is 1590. The highest BCUT2D eigenvalue weighted by Gasteiger charge is 2.31. The molecule has 1 fully saturated rings. The third-order valence-corrected chi connectivity index (χ3v) is 6.47. The maximum absolute atomic E-state index is 13.1. The fourth-order valence-electron chi connectivity index (χ4n) is 4.50. The van der Waals surface area contributed by atoms with E-state index in [0.717, 1.165) is 17.7 Å². The van der Waals surface area contributed by atoms with Crippen LogP contribution in [-0.2, 0) is 10.9 Å². The van der Waals surface area contributed by atoms with Gasteiger partial charge in [-0.15, -0.1) is 5.10 Å². The molecule has 214 valence electrons. The second-order valence-electron chi connectivity index (χ2n) is 10.7. The summed E-state index contributed by atoms with van der Waals surface area (Å²) < 4.78 is 46.4. The van der Waals surface area contributed by atoms with Gasteiger partial charge in [0.1, 0.15) is 5.60 Å². The molecular weight excluding hydrogens is 537 g/mol. The molecule has 0 unspecified atom stereocenters. The number of benzene rings is 2. The van der Waals surface area contributed by atoms with Gasteiger partial charge in [-0.3, -0.25) is 4.79 Å². The number of carbonyl (C=O) groups is 2. The standard InChI is InChI=1S/C29H29F3N6O3/c1-28(2,3)41-27(40)37-14-12-36(13-15-37)25-18-24-33-11-10-23(38(24)35-25)19-6-5-9-22(17-19)34-26(39)20-7-4-8-21(16-20)29(30,31)32/h4-11,16-18H,12-15H2,1-3H3,(H,34,39). The normalized spacial score (nSPS) is 14.3. The van der Waals surface area contributed by atoms with Crippen molar-refractivity contribution in [3.8, 4) is 11.3 Å². The topological polar surface area (TPSA) is 92.1 Å². The summed E-state index contributed by atoms with van der Waals surface area (Å²) in [6.07, 6.45) is -3.22. The van der Waals surface area contributed by atoms with Crippen LogP contribution in [0.15, 0.2) is 66.9 Å². The van der Waals surface area contributed by atoms with E-state index in [9.17, 15) is 22.8 Å². The van der Waals surface area contributed by atoms with E-state index in [1.165, 1.54) is 12.1 Å². The first-order valence-electron chi connectivity index (χ1n) is 13.0. The number of nitrogens with zero attached hydrogens (tertiary/aromatic N) is 5. The van der Waals surface area contributed by atoms with Gasteiger partial charge in [0, 0.05) is 55.3 Å². The number of alkyl halides is 3. The number of nitrogens with one attached hydrogen (secondary N) is 1. The van der Waals surface area contributed by atoms with Crippen molar-refractivity contribution in [1.29, 1.82) is 0 Å². The minimum Gasteiger partial charge on any atom is -0.444 e. The Morgan fingerprint density at radius 3 is 2.37 bits per heavy atom. The molecule has 2 amide bonds. The molecule has 1 N–H and O–H groups in total. The molecule has 0 bridgehead atoms. The molecule has 1 aliphatic rings. The molecule has 0 aliphatic carbocycles. The maximum atomic E-state index is 13.1. The Morgan fingerprint density at radius 2 is 1.66 bits per heavy atom. The molecule has 0 radical (unpaired) electrons. The van der Waals surface area contributed by atoms with E-state index in [2.05, 4.69) is 15.2 Å². The van der Waals surface area contributed by atoms with Crippen LogP contribution >= 0.6 is 0 Å². The minimum absolute atomic E-state index is 0.0972. The summed E-state index contributed by atoms with van der Waals surface area (Å²) in [5.74, 6) is 0.0582. The van der Waals surface area contributed by atoms with Crippen LogP contribution in [0.25, 0.3) is 16.9 Å². The summed E-state index contributed by atoms with van der Waals surface area (Å²) in [4.78, 5) is 33.3. The van der Waals surface area contributed by atoms with Gasteiger partial charge in [-0.2, -0.15) is 13.2 Å². The van der Waals surface area contributed by atoms with Gasteiger partial charge in [-0.25, -0.2) is 14.3 Å². The fourth-order valence-corrected chi connectivity index (χ4v) is 4.50. The molecule has 0 saturated carbocycles. The Balaban J connectivity index is 1.33. The third-order valence-electron chi connectivity index (χ3n) is 6.47. The SMILES string of the molecule is CC(C)(C)OC(=O)N1CCN(c2cc3nccc(-c4cccc(NC(=O)c5cccc(C(F)(F)F)c5)c4)n3n2)CC1. The number of ether oxygens (including phenoxy) is 1. The van der Waals surface area contributed by atoms with Crippen LogP contribution in [0.3, 0.4) is 0 Å². The molecule has 2 aromatic heterocycles. The Labute approximate surface area is 234 Å². The summed E-state index contributed by atoms with van der Waals surface area (Å²) in [6.45, 7) is 7.66. The Hall–Kier alpha value is -4.61. The lowest BCUT2D eigenvalue weighted by Crippen LogP contribution is -2.50. The second-order valence-corrected chi connectivity index (χ2v) is 10.7. The predicted octanol–water partition coefficient (Wildman–Crippen LogP) is 5.72. The first kappa shape index (κ1) is 27.9. The summed E-state index contributed by atoms with van der Waals surface area (Å²) in [6, 6.07) is 14.9. The van der Waals surface area contributed by atoms with Gasteiger partial charge >= 0.3 is 12.3 Å². The lowest BCUT2D eigenvalue weighted by atomic mass is 10.1. The average Bonchev–Trinajstić information content (AvgIpc) is 3.37. The molecule has 12 heteroatoms.